The molecule has 1 amide bonds. The first-order valence-corrected chi connectivity index (χ1v) is 6.00. The molecule has 0 aromatic heterocycles. The number of nitrogens with one attached hydrogen (secondary N) is 2. The normalized spacial score (nSPS) is 31.4. The Kier molecular flexibility index (Phi) is 4.33. The molecule has 2 atom stereocenters. The Labute approximate surface area is 101 Å². The number of hydrogen-bond donors (Lipinski definition) is 2. The molecule has 0 aromatic rings. The van der Waals surface area contributed by atoms with Gasteiger partial charge in [-0.15, -0.1) is 0 Å². The van der Waals surface area contributed by atoms with Crippen LogP contribution in [0.1, 0.15) is 12.8 Å². The van der Waals surface area contributed by atoms with E-state index in [4.69, 9.17) is 9.47 Å². The first-order chi connectivity index (χ1) is 8.31. The molecule has 2 aliphatic rings. The van der Waals surface area contributed by atoms with Gasteiger partial charge in [-0.2, -0.15) is 0 Å². The van der Waals surface area contributed by atoms with Crippen molar-refractivity contribution in [3.05, 3.63) is 0 Å². The number of hydrogen-bond acceptors (Lipinski definition) is 4. The molecule has 2 rings (SSSR count). The number of methoxy groups -OCH3 is 1. The number of carbonyl (C=O) groups is 1. The summed E-state index contributed by atoms with van der Waals surface area (Å²) in [5.74, 6) is 0.804. The van der Waals surface area contributed by atoms with Crippen LogP contribution in [0.2, 0.25) is 0 Å². The van der Waals surface area contributed by atoms with Crippen molar-refractivity contribution in [1.29, 1.82) is 0 Å². The van der Waals surface area contributed by atoms with Crippen molar-refractivity contribution in [2.24, 2.45) is 10.9 Å². The number of rotatable bonds is 4. The van der Waals surface area contributed by atoms with E-state index in [0.717, 1.165) is 19.4 Å². The third-order valence-corrected chi connectivity index (χ3v) is 3.05. The van der Waals surface area contributed by atoms with Gasteiger partial charge in [0.05, 0.1) is 19.8 Å². The highest BCUT2D eigenvalue weighted by Gasteiger charge is 2.35. The maximum Gasteiger partial charge on any atom is 0.249 e. The van der Waals surface area contributed by atoms with Crippen molar-refractivity contribution in [1.82, 2.24) is 10.6 Å². The van der Waals surface area contributed by atoms with Crippen LogP contribution in [0, 0.1) is 5.92 Å². The summed E-state index contributed by atoms with van der Waals surface area (Å²) >= 11 is 0. The fourth-order valence-corrected chi connectivity index (χ4v) is 2.14. The van der Waals surface area contributed by atoms with Crippen molar-refractivity contribution < 1.29 is 14.3 Å². The highest BCUT2D eigenvalue weighted by molar-refractivity contribution is 6.06. The lowest BCUT2D eigenvalue weighted by atomic mass is 9.94. The van der Waals surface area contributed by atoms with Gasteiger partial charge in [0.25, 0.3) is 0 Å². The lowest BCUT2D eigenvalue weighted by molar-refractivity contribution is -0.122. The van der Waals surface area contributed by atoms with Crippen LogP contribution in [0.4, 0.5) is 0 Å². The SMILES string of the molecule is COCCN=C1NC(=O)C(C2CCCOC2)N1. The Morgan fingerprint density at radius 1 is 1.59 bits per heavy atom. The zero-order valence-corrected chi connectivity index (χ0v) is 10.1. The van der Waals surface area contributed by atoms with E-state index < -0.39 is 0 Å². The van der Waals surface area contributed by atoms with E-state index in [1.165, 1.54) is 0 Å². The smallest absolute Gasteiger partial charge is 0.249 e. The topological polar surface area (TPSA) is 72.0 Å². The molecule has 0 radical (unpaired) electrons. The number of ether oxygens (including phenoxy) is 2. The number of guanidine groups is 1. The number of amides is 1. The highest BCUT2D eigenvalue weighted by atomic mass is 16.5. The summed E-state index contributed by atoms with van der Waals surface area (Å²) in [5.41, 5.74) is 0. The molecular weight excluding hydrogens is 222 g/mol. The second kappa shape index (κ2) is 5.97. The quantitative estimate of drug-likeness (QED) is 0.651. The lowest BCUT2D eigenvalue weighted by Gasteiger charge is -2.25. The second-order valence-electron chi connectivity index (χ2n) is 4.31. The Balaban J connectivity index is 1.88. The van der Waals surface area contributed by atoms with Gasteiger partial charge in [0, 0.05) is 19.6 Å². The summed E-state index contributed by atoms with van der Waals surface area (Å²) in [6.45, 7) is 2.56. The molecular formula is C11H19N3O3. The van der Waals surface area contributed by atoms with Gasteiger partial charge in [-0.05, 0) is 12.8 Å². The molecule has 0 saturated carbocycles. The van der Waals surface area contributed by atoms with Crippen LogP contribution < -0.4 is 10.6 Å². The summed E-state index contributed by atoms with van der Waals surface area (Å²) < 4.78 is 10.3. The molecule has 0 bridgehead atoms. The van der Waals surface area contributed by atoms with Crippen LogP contribution in [0.5, 0.6) is 0 Å². The predicted octanol–water partition coefficient (Wildman–Crippen LogP) is -0.497. The molecule has 0 spiro atoms. The largest absolute Gasteiger partial charge is 0.383 e. The maximum atomic E-state index is 11.8. The summed E-state index contributed by atoms with van der Waals surface area (Å²) in [4.78, 5) is 16.0. The monoisotopic (exact) mass is 241 g/mol. The minimum absolute atomic E-state index is 0.00309. The third-order valence-electron chi connectivity index (χ3n) is 3.05. The molecule has 0 aliphatic carbocycles. The first-order valence-electron chi connectivity index (χ1n) is 6.00. The Morgan fingerprint density at radius 3 is 3.18 bits per heavy atom. The van der Waals surface area contributed by atoms with Crippen molar-refractivity contribution >= 4 is 11.9 Å². The van der Waals surface area contributed by atoms with Crippen molar-refractivity contribution in [3.63, 3.8) is 0 Å². The van der Waals surface area contributed by atoms with Gasteiger partial charge in [0.2, 0.25) is 5.91 Å². The van der Waals surface area contributed by atoms with Crippen LogP contribution in [-0.2, 0) is 14.3 Å². The number of nitrogens with zero attached hydrogens (tertiary/aromatic N) is 1. The van der Waals surface area contributed by atoms with E-state index in [0.29, 0.717) is 25.7 Å². The number of aliphatic imine (C=N–C) groups is 1. The van der Waals surface area contributed by atoms with Gasteiger partial charge >= 0.3 is 0 Å². The predicted molar refractivity (Wildman–Crippen MR) is 62.8 cm³/mol. The van der Waals surface area contributed by atoms with Gasteiger partial charge in [0.15, 0.2) is 5.96 Å². The standard InChI is InChI=1S/C11H19N3O3/c1-16-6-4-12-11-13-9(10(15)14-11)8-3-2-5-17-7-8/h8-9H,2-7H2,1H3,(H2,12,13,14,15). The van der Waals surface area contributed by atoms with Crippen molar-refractivity contribution in [2.75, 3.05) is 33.5 Å². The molecule has 6 nitrogen and oxygen atoms in total. The van der Waals surface area contributed by atoms with Crippen LogP contribution in [0.3, 0.4) is 0 Å². The molecule has 6 heteroatoms. The minimum atomic E-state index is -0.198. The Morgan fingerprint density at radius 2 is 2.47 bits per heavy atom. The molecule has 2 unspecified atom stereocenters. The van der Waals surface area contributed by atoms with E-state index in [-0.39, 0.29) is 17.9 Å². The lowest BCUT2D eigenvalue weighted by Crippen LogP contribution is -2.41. The van der Waals surface area contributed by atoms with E-state index in [9.17, 15) is 4.79 Å². The Bertz CT molecular complexity index is 300. The van der Waals surface area contributed by atoms with Gasteiger partial charge in [-0.3, -0.25) is 15.1 Å². The molecule has 17 heavy (non-hydrogen) atoms. The van der Waals surface area contributed by atoms with Gasteiger partial charge in [0.1, 0.15) is 6.04 Å². The van der Waals surface area contributed by atoms with E-state index in [1.807, 2.05) is 0 Å². The summed E-state index contributed by atoms with van der Waals surface area (Å²) in [6, 6.07) is -0.198. The van der Waals surface area contributed by atoms with Crippen LogP contribution in [0.15, 0.2) is 4.99 Å². The molecule has 96 valence electrons. The molecule has 2 N–H and O–H groups in total. The van der Waals surface area contributed by atoms with Gasteiger partial charge < -0.3 is 14.8 Å². The van der Waals surface area contributed by atoms with Crippen LogP contribution >= 0.6 is 0 Å². The van der Waals surface area contributed by atoms with Crippen molar-refractivity contribution in [3.8, 4) is 0 Å². The minimum Gasteiger partial charge on any atom is -0.383 e. The molecule has 2 heterocycles. The zero-order valence-electron chi connectivity index (χ0n) is 10.1. The van der Waals surface area contributed by atoms with E-state index in [2.05, 4.69) is 15.6 Å². The molecule has 2 fully saturated rings. The maximum absolute atomic E-state index is 11.8. The van der Waals surface area contributed by atoms with Gasteiger partial charge in [-0.25, -0.2) is 0 Å². The summed E-state index contributed by atoms with van der Waals surface area (Å²) in [7, 11) is 1.63. The second-order valence-corrected chi connectivity index (χ2v) is 4.31. The third kappa shape index (κ3) is 3.17. The number of carbonyl (C=O) groups excluding carboxylic acids is 1. The molecule has 2 saturated heterocycles. The highest BCUT2D eigenvalue weighted by Crippen LogP contribution is 2.19. The summed E-state index contributed by atoms with van der Waals surface area (Å²) in [5, 5.41) is 5.87. The van der Waals surface area contributed by atoms with Gasteiger partial charge in [-0.1, -0.05) is 0 Å². The van der Waals surface area contributed by atoms with Crippen LogP contribution in [-0.4, -0.2) is 51.4 Å². The average Bonchev–Trinajstić information content (AvgIpc) is 2.72. The van der Waals surface area contributed by atoms with Crippen LogP contribution in [0.25, 0.3) is 0 Å². The van der Waals surface area contributed by atoms with E-state index >= 15 is 0 Å². The fraction of sp³-hybridized carbons (Fsp3) is 0.818. The Hall–Kier alpha value is -1.14. The first kappa shape index (κ1) is 12.3. The molecule has 2 aliphatic heterocycles. The van der Waals surface area contributed by atoms with E-state index in [1.54, 1.807) is 7.11 Å². The van der Waals surface area contributed by atoms with Crippen molar-refractivity contribution in [2.45, 2.75) is 18.9 Å². The average molecular weight is 241 g/mol. The fourth-order valence-electron chi connectivity index (χ4n) is 2.14. The molecule has 0 aromatic carbocycles. The summed E-state index contributed by atoms with van der Waals surface area (Å²) in [6.07, 6.45) is 2.04. The zero-order chi connectivity index (χ0) is 12.1.